The Hall–Kier alpha value is -1.79. The summed E-state index contributed by atoms with van der Waals surface area (Å²) in [6, 6.07) is 2.38. The van der Waals surface area contributed by atoms with Crippen LogP contribution in [-0.2, 0) is 0 Å². The molecule has 1 rings (SSSR count). The number of hydrogen-bond donors (Lipinski definition) is 4. The molecule has 4 N–H and O–H groups in total. The summed E-state index contributed by atoms with van der Waals surface area (Å²) in [4.78, 5) is 12.3. The van der Waals surface area contributed by atoms with Crippen LogP contribution in [0.5, 0.6) is 17.2 Å². The fraction of sp³-hybridized carbons (Fsp3) is 0.611. The normalized spacial score (nSPS) is 13.1. The van der Waals surface area contributed by atoms with Crippen LogP contribution in [0.4, 0.5) is 0 Å². The lowest BCUT2D eigenvalue weighted by molar-refractivity contribution is 0.0919. The Kier molecular flexibility index (Phi) is 7.05. The van der Waals surface area contributed by atoms with E-state index in [9.17, 15) is 20.1 Å². The van der Waals surface area contributed by atoms with Gasteiger partial charge < -0.3 is 25.4 Å². The second-order valence-electron chi connectivity index (χ2n) is 7.45. The molecule has 0 radical (unpaired) electrons. The van der Waals surface area contributed by atoms with Crippen LogP contribution in [0.2, 0.25) is 0 Å². The lowest BCUT2D eigenvalue weighted by Gasteiger charge is -2.23. The summed E-state index contributed by atoms with van der Waals surface area (Å²) in [7, 11) is 0. The largest absolute Gasteiger partial charge is 0.508 e. The van der Waals surface area contributed by atoms with Gasteiger partial charge in [0.1, 0.15) is 35.5 Å². The van der Waals surface area contributed by atoms with E-state index in [4.69, 9.17) is 4.74 Å². The lowest BCUT2D eigenvalue weighted by Crippen LogP contribution is -2.42. The number of β-amino-alcohol motifs (C(OH)–C–C–N with tert-alkyl or cyclic N) is 1. The standard InChI is InChI=1S/C18H29NO5/c1-11(2)6-14(22)17-15(23)7-12(20)8-16(17)24-10-13(21)9-19-18(3,4)5/h7-8,11,13,19-21,23H,6,9-10H2,1-5H3/t13-/m1/s1. The van der Waals surface area contributed by atoms with E-state index in [0.717, 1.165) is 6.07 Å². The Morgan fingerprint density at radius 2 is 1.88 bits per heavy atom. The van der Waals surface area contributed by atoms with Gasteiger partial charge in [-0.1, -0.05) is 13.8 Å². The predicted molar refractivity (Wildman–Crippen MR) is 92.8 cm³/mol. The van der Waals surface area contributed by atoms with Gasteiger partial charge in [0.25, 0.3) is 0 Å². The van der Waals surface area contributed by atoms with Crippen molar-refractivity contribution in [1.29, 1.82) is 0 Å². The van der Waals surface area contributed by atoms with Crippen LogP contribution in [0, 0.1) is 5.92 Å². The monoisotopic (exact) mass is 339 g/mol. The maximum Gasteiger partial charge on any atom is 0.170 e. The number of phenolic OH excluding ortho intramolecular Hbond substituents is 2. The van der Waals surface area contributed by atoms with E-state index in [2.05, 4.69) is 5.32 Å². The van der Waals surface area contributed by atoms with Gasteiger partial charge in [-0.2, -0.15) is 0 Å². The highest BCUT2D eigenvalue weighted by molar-refractivity contribution is 6.01. The highest BCUT2D eigenvalue weighted by Crippen LogP contribution is 2.34. The Bertz CT molecular complexity index is 563. The minimum absolute atomic E-state index is 0.0393. The molecular weight excluding hydrogens is 310 g/mol. The van der Waals surface area contributed by atoms with E-state index in [1.54, 1.807) is 0 Å². The third-order valence-corrected chi connectivity index (χ3v) is 3.24. The first kappa shape index (κ1) is 20.3. The molecule has 136 valence electrons. The van der Waals surface area contributed by atoms with E-state index in [-0.39, 0.29) is 53.1 Å². The molecule has 0 aliphatic rings. The van der Waals surface area contributed by atoms with Gasteiger partial charge in [-0.25, -0.2) is 0 Å². The van der Waals surface area contributed by atoms with E-state index >= 15 is 0 Å². The maximum atomic E-state index is 12.3. The average molecular weight is 339 g/mol. The zero-order chi connectivity index (χ0) is 18.5. The van der Waals surface area contributed by atoms with Crippen molar-refractivity contribution in [3.63, 3.8) is 0 Å². The summed E-state index contributed by atoms with van der Waals surface area (Å²) in [5, 5.41) is 32.8. The Labute approximate surface area is 143 Å². The van der Waals surface area contributed by atoms with Crippen molar-refractivity contribution in [3.05, 3.63) is 17.7 Å². The van der Waals surface area contributed by atoms with E-state index in [1.165, 1.54) is 6.07 Å². The number of hydrogen-bond acceptors (Lipinski definition) is 6. The Morgan fingerprint density at radius 3 is 2.42 bits per heavy atom. The second kappa shape index (κ2) is 8.35. The third kappa shape index (κ3) is 6.76. The SMILES string of the molecule is CC(C)CC(=O)c1c(O)cc(O)cc1OC[C@H](O)CNC(C)(C)C. The zero-order valence-electron chi connectivity index (χ0n) is 15.1. The first-order valence-electron chi connectivity index (χ1n) is 8.14. The van der Waals surface area contributed by atoms with Gasteiger partial charge in [-0.15, -0.1) is 0 Å². The van der Waals surface area contributed by atoms with Gasteiger partial charge in [0.15, 0.2) is 5.78 Å². The molecule has 0 aliphatic carbocycles. The molecule has 0 heterocycles. The molecule has 0 amide bonds. The van der Waals surface area contributed by atoms with Crippen molar-refractivity contribution in [1.82, 2.24) is 5.32 Å². The van der Waals surface area contributed by atoms with Crippen molar-refractivity contribution >= 4 is 5.78 Å². The highest BCUT2D eigenvalue weighted by Gasteiger charge is 2.21. The van der Waals surface area contributed by atoms with Crippen molar-refractivity contribution in [2.75, 3.05) is 13.2 Å². The number of phenols is 2. The van der Waals surface area contributed by atoms with Gasteiger partial charge in [0.05, 0.1) is 0 Å². The van der Waals surface area contributed by atoms with Crippen LogP contribution in [0.25, 0.3) is 0 Å². The van der Waals surface area contributed by atoms with Crippen molar-refractivity contribution in [2.45, 2.75) is 52.7 Å². The fourth-order valence-corrected chi connectivity index (χ4v) is 2.12. The third-order valence-electron chi connectivity index (χ3n) is 3.24. The average Bonchev–Trinajstić information content (AvgIpc) is 2.40. The topological polar surface area (TPSA) is 99.0 Å². The quantitative estimate of drug-likeness (QED) is 0.543. The van der Waals surface area contributed by atoms with E-state index in [1.807, 2.05) is 34.6 Å². The first-order valence-corrected chi connectivity index (χ1v) is 8.14. The molecule has 0 saturated carbocycles. The lowest BCUT2D eigenvalue weighted by atomic mass is 9.99. The number of aliphatic hydroxyl groups is 1. The fourth-order valence-electron chi connectivity index (χ4n) is 2.12. The number of ether oxygens (including phenoxy) is 1. The zero-order valence-corrected chi connectivity index (χ0v) is 15.1. The summed E-state index contributed by atoms with van der Waals surface area (Å²) >= 11 is 0. The summed E-state index contributed by atoms with van der Waals surface area (Å²) in [5.74, 6) is -0.586. The molecular formula is C18H29NO5. The molecule has 24 heavy (non-hydrogen) atoms. The first-order chi connectivity index (χ1) is 11.0. The number of nitrogens with one attached hydrogen (secondary N) is 1. The summed E-state index contributed by atoms with van der Waals surface area (Å²) in [6.45, 7) is 10.0. The van der Waals surface area contributed by atoms with Crippen LogP contribution < -0.4 is 10.1 Å². The number of Topliss-reactive ketones (excluding diaryl/α,β-unsaturated/α-hetero) is 1. The Morgan fingerprint density at radius 1 is 1.25 bits per heavy atom. The summed E-state index contributed by atoms with van der Waals surface area (Å²) < 4.78 is 5.50. The molecule has 6 nitrogen and oxygen atoms in total. The summed E-state index contributed by atoms with van der Waals surface area (Å²) in [5.41, 5.74) is -0.0969. The molecule has 0 aromatic heterocycles. The molecule has 1 aromatic rings. The molecule has 0 bridgehead atoms. The molecule has 0 spiro atoms. The summed E-state index contributed by atoms with van der Waals surface area (Å²) in [6.07, 6.45) is -0.537. The number of rotatable bonds is 8. The van der Waals surface area contributed by atoms with Gasteiger partial charge in [-0.05, 0) is 26.7 Å². The number of benzene rings is 1. The number of aromatic hydroxyl groups is 2. The number of aliphatic hydroxyl groups excluding tert-OH is 1. The van der Waals surface area contributed by atoms with Gasteiger partial charge in [0, 0.05) is 30.6 Å². The van der Waals surface area contributed by atoms with E-state index in [0.29, 0.717) is 6.54 Å². The molecule has 0 aliphatic heterocycles. The Balaban J connectivity index is 2.84. The van der Waals surface area contributed by atoms with Crippen LogP contribution in [0.1, 0.15) is 51.4 Å². The molecule has 1 aromatic carbocycles. The molecule has 0 fully saturated rings. The van der Waals surface area contributed by atoms with Crippen molar-refractivity contribution < 1.29 is 24.9 Å². The number of carbonyl (C=O) groups excluding carboxylic acids is 1. The molecule has 6 heteroatoms. The molecule has 1 atom stereocenters. The smallest absolute Gasteiger partial charge is 0.170 e. The van der Waals surface area contributed by atoms with Crippen molar-refractivity contribution in [3.8, 4) is 17.2 Å². The van der Waals surface area contributed by atoms with Crippen molar-refractivity contribution in [2.24, 2.45) is 5.92 Å². The van der Waals surface area contributed by atoms with Gasteiger partial charge in [0.2, 0.25) is 0 Å². The van der Waals surface area contributed by atoms with Gasteiger partial charge in [-0.3, -0.25) is 4.79 Å². The van der Waals surface area contributed by atoms with Gasteiger partial charge >= 0.3 is 0 Å². The van der Waals surface area contributed by atoms with Crippen LogP contribution in [-0.4, -0.2) is 45.9 Å². The highest BCUT2D eigenvalue weighted by atomic mass is 16.5. The predicted octanol–water partition coefficient (Wildman–Crippen LogP) is 2.45. The van der Waals surface area contributed by atoms with E-state index < -0.39 is 6.10 Å². The molecule has 0 unspecified atom stereocenters. The second-order valence-corrected chi connectivity index (χ2v) is 7.45. The van der Waals surface area contributed by atoms with Crippen LogP contribution in [0.15, 0.2) is 12.1 Å². The van der Waals surface area contributed by atoms with Crippen LogP contribution in [0.3, 0.4) is 0 Å². The maximum absolute atomic E-state index is 12.3. The van der Waals surface area contributed by atoms with Crippen LogP contribution >= 0.6 is 0 Å². The minimum Gasteiger partial charge on any atom is -0.508 e. The minimum atomic E-state index is -0.790. The number of carbonyl (C=O) groups is 1. The molecule has 0 saturated heterocycles. The number of ketones is 1.